The van der Waals surface area contributed by atoms with Crippen LogP contribution in [-0.2, 0) is 13.0 Å². The summed E-state index contributed by atoms with van der Waals surface area (Å²) in [5.41, 5.74) is 5.51. The van der Waals surface area contributed by atoms with Gasteiger partial charge in [-0.3, -0.25) is 5.43 Å². The summed E-state index contributed by atoms with van der Waals surface area (Å²) in [6, 6.07) is 11.5. The molecule has 0 radical (unpaired) electrons. The van der Waals surface area contributed by atoms with Gasteiger partial charge in [-0.25, -0.2) is 0 Å². The minimum absolute atomic E-state index is 0.343. The Hall–Kier alpha value is -2.57. The number of hydrogen-bond donors (Lipinski definition) is 2. The van der Waals surface area contributed by atoms with Crippen LogP contribution in [-0.4, -0.2) is 24.5 Å². The van der Waals surface area contributed by atoms with Crippen molar-refractivity contribution < 1.29 is 9.47 Å². The molecule has 0 aliphatic rings. The monoisotopic (exact) mass is 431 g/mol. The van der Waals surface area contributed by atoms with Crippen LogP contribution in [0.3, 0.4) is 0 Å². The molecular weight excluding hydrogens is 406 g/mol. The lowest BCUT2D eigenvalue weighted by Gasteiger charge is -2.17. The molecule has 0 spiro atoms. The number of nitrogens with zero attached hydrogens (tertiary/aromatic N) is 1. The standard InChI is InChI=1S/C22H26ClN3O2S/c1-4-9-17-12-16(14-25-26-22(29)24-5-2)13-20(27-6-3)21(17)28-15-18-10-7-8-11-19(18)23/h4,7-8,10-14H,1,5-6,9,15H2,2-3H3,(H2,24,26,29). The third-order valence-electron chi connectivity index (χ3n) is 3.87. The van der Waals surface area contributed by atoms with E-state index in [2.05, 4.69) is 22.4 Å². The van der Waals surface area contributed by atoms with Crippen molar-refractivity contribution in [3.63, 3.8) is 0 Å². The van der Waals surface area contributed by atoms with Crippen LogP contribution in [0.2, 0.25) is 5.02 Å². The molecule has 0 unspecified atom stereocenters. The molecule has 2 rings (SSSR count). The second-order valence-electron chi connectivity index (χ2n) is 6.04. The van der Waals surface area contributed by atoms with Crippen molar-refractivity contribution in [2.24, 2.45) is 5.10 Å². The highest BCUT2D eigenvalue weighted by molar-refractivity contribution is 7.80. The van der Waals surface area contributed by atoms with Gasteiger partial charge >= 0.3 is 0 Å². The third-order valence-corrected chi connectivity index (χ3v) is 4.47. The van der Waals surface area contributed by atoms with E-state index in [1.807, 2.05) is 56.3 Å². The van der Waals surface area contributed by atoms with Crippen LogP contribution >= 0.6 is 23.8 Å². The number of halogens is 1. The summed E-state index contributed by atoms with van der Waals surface area (Å²) in [6.45, 7) is 9.34. The molecule has 0 saturated heterocycles. The van der Waals surface area contributed by atoms with Gasteiger partial charge in [0, 0.05) is 22.7 Å². The van der Waals surface area contributed by atoms with Gasteiger partial charge in [-0.05, 0) is 56.2 Å². The van der Waals surface area contributed by atoms with Crippen LogP contribution in [0.5, 0.6) is 11.5 Å². The average molecular weight is 432 g/mol. The summed E-state index contributed by atoms with van der Waals surface area (Å²) in [5, 5.41) is 8.30. The molecule has 0 aliphatic carbocycles. The van der Waals surface area contributed by atoms with E-state index >= 15 is 0 Å². The van der Waals surface area contributed by atoms with E-state index in [9.17, 15) is 0 Å². The second kappa shape index (κ2) is 12.1. The topological polar surface area (TPSA) is 54.9 Å². The fraction of sp³-hybridized carbons (Fsp3) is 0.273. The fourth-order valence-electron chi connectivity index (χ4n) is 2.62. The van der Waals surface area contributed by atoms with Crippen molar-refractivity contribution in [2.45, 2.75) is 26.9 Å². The van der Waals surface area contributed by atoms with Gasteiger partial charge in [0.1, 0.15) is 6.61 Å². The van der Waals surface area contributed by atoms with Crippen molar-refractivity contribution in [2.75, 3.05) is 13.2 Å². The van der Waals surface area contributed by atoms with Gasteiger partial charge < -0.3 is 14.8 Å². The van der Waals surface area contributed by atoms with Gasteiger partial charge in [-0.15, -0.1) is 6.58 Å². The van der Waals surface area contributed by atoms with Crippen molar-refractivity contribution in [1.82, 2.24) is 10.7 Å². The molecule has 0 bridgehead atoms. The molecule has 0 saturated carbocycles. The number of allylic oxidation sites excluding steroid dienone is 1. The quantitative estimate of drug-likeness (QED) is 0.243. The summed E-state index contributed by atoms with van der Waals surface area (Å²) in [6.07, 6.45) is 4.15. The first-order valence-electron chi connectivity index (χ1n) is 9.42. The number of hydrazone groups is 1. The maximum Gasteiger partial charge on any atom is 0.186 e. The lowest BCUT2D eigenvalue weighted by atomic mass is 10.1. The van der Waals surface area contributed by atoms with E-state index in [4.69, 9.17) is 33.3 Å². The highest BCUT2D eigenvalue weighted by atomic mass is 35.5. The Labute approximate surface area is 182 Å². The van der Waals surface area contributed by atoms with Crippen LogP contribution < -0.4 is 20.2 Å². The first-order valence-corrected chi connectivity index (χ1v) is 10.2. The minimum Gasteiger partial charge on any atom is -0.490 e. The molecule has 2 aromatic carbocycles. The van der Waals surface area contributed by atoms with Crippen LogP contribution in [0.15, 0.2) is 54.2 Å². The van der Waals surface area contributed by atoms with Crippen LogP contribution in [0, 0.1) is 0 Å². The van der Waals surface area contributed by atoms with Crippen molar-refractivity contribution in [3.8, 4) is 11.5 Å². The van der Waals surface area contributed by atoms with E-state index in [1.54, 1.807) is 6.21 Å². The molecule has 0 aliphatic heterocycles. The number of benzene rings is 2. The van der Waals surface area contributed by atoms with Crippen LogP contribution in [0.1, 0.15) is 30.5 Å². The highest BCUT2D eigenvalue weighted by Gasteiger charge is 2.14. The number of hydrogen-bond acceptors (Lipinski definition) is 4. The molecule has 29 heavy (non-hydrogen) atoms. The molecule has 0 fully saturated rings. The molecular formula is C22H26ClN3O2S. The predicted octanol–water partition coefficient (Wildman–Crippen LogP) is 4.86. The zero-order chi connectivity index (χ0) is 21.1. The summed E-state index contributed by atoms with van der Waals surface area (Å²) >= 11 is 11.4. The van der Waals surface area contributed by atoms with Gasteiger partial charge in [-0.2, -0.15) is 5.10 Å². The molecule has 154 valence electrons. The lowest BCUT2D eigenvalue weighted by molar-refractivity contribution is 0.267. The van der Waals surface area contributed by atoms with E-state index in [-0.39, 0.29) is 0 Å². The van der Waals surface area contributed by atoms with Gasteiger partial charge in [0.2, 0.25) is 0 Å². The maximum absolute atomic E-state index is 6.26. The van der Waals surface area contributed by atoms with Crippen molar-refractivity contribution in [1.29, 1.82) is 0 Å². The van der Waals surface area contributed by atoms with Crippen molar-refractivity contribution >= 4 is 35.1 Å². The second-order valence-corrected chi connectivity index (χ2v) is 6.86. The van der Waals surface area contributed by atoms with E-state index in [0.717, 1.165) is 23.2 Å². The Morgan fingerprint density at radius 3 is 2.69 bits per heavy atom. The summed E-state index contributed by atoms with van der Waals surface area (Å²) in [5.74, 6) is 1.33. The molecule has 0 amide bonds. The van der Waals surface area contributed by atoms with Crippen LogP contribution in [0.25, 0.3) is 0 Å². The normalized spacial score (nSPS) is 10.6. The lowest BCUT2D eigenvalue weighted by Crippen LogP contribution is -2.31. The zero-order valence-electron chi connectivity index (χ0n) is 16.7. The molecule has 0 atom stereocenters. The third kappa shape index (κ3) is 7.07. The summed E-state index contributed by atoms with van der Waals surface area (Å²) in [7, 11) is 0. The van der Waals surface area contributed by atoms with Gasteiger partial charge in [-0.1, -0.05) is 35.9 Å². The number of thiocarbonyl (C=S) groups is 1. The Morgan fingerprint density at radius 1 is 1.21 bits per heavy atom. The van der Waals surface area contributed by atoms with Gasteiger partial charge in [0.05, 0.1) is 12.8 Å². The van der Waals surface area contributed by atoms with Crippen molar-refractivity contribution in [3.05, 3.63) is 70.8 Å². The smallest absolute Gasteiger partial charge is 0.186 e. The van der Waals surface area contributed by atoms with E-state index in [1.165, 1.54) is 0 Å². The summed E-state index contributed by atoms with van der Waals surface area (Å²) in [4.78, 5) is 0. The Kier molecular flexibility index (Phi) is 9.47. The number of ether oxygens (including phenoxy) is 2. The largest absolute Gasteiger partial charge is 0.490 e. The molecule has 5 nitrogen and oxygen atoms in total. The first kappa shape index (κ1) is 22.7. The Bertz CT molecular complexity index is 871. The molecule has 7 heteroatoms. The minimum atomic E-state index is 0.343. The zero-order valence-corrected chi connectivity index (χ0v) is 18.3. The number of rotatable bonds is 10. The Morgan fingerprint density at radius 2 is 2.00 bits per heavy atom. The van der Waals surface area contributed by atoms with E-state index in [0.29, 0.717) is 41.3 Å². The summed E-state index contributed by atoms with van der Waals surface area (Å²) < 4.78 is 12.0. The van der Waals surface area contributed by atoms with Gasteiger partial charge in [0.25, 0.3) is 0 Å². The first-order chi connectivity index (χ1) is 14.1. The van der Waals surface area contributed by atoms with Crippen LogP contribution in [0.4, 0.5) is 0 Å². The SMILES string of the molecule is C=CCc1cc(C=NNC(=S)NCC)cc(OCC)c1OCc1ccccc1Cl. The maximum atomic E-state index is 6.26. The van der Waals surface area contributed by atoms with E-state index < -0.39 is 0 Å². The molecule has 0 aromatic heterocycles. The Balaban J connectivity index is 2.28. The van der Waals surface area contributed by atoms with Gasteiger partial charge in [0.15, 0.2) is 16.6 Å². The molecule has 2 aromatic rings. The fourth-order valence-corrected chi connectivity index (χ4v) is 3.01. The molecule has 2 N–H and O–H groups in total. The number of nitrogens with one attached hydrogen (secondary N) is 2. The average Bonchev–Trinajstić information content (AvgIpc) is 2.69. The molecule has 0 heterocycles. The predicted molar refractivity (Wildman–Crippen MR) is 124 cm³/mol. The highest BCUT2D eigenvalue weighted by Crippen LogP contribution is 2.34.